The summed E-state index contributed by atoms with van der Waals surface area (Å²) in [4.78, 5) is 33.7. The van der Waals surface area contributed by atoms with Crippen molar-refractivity contribution < 1.29 is 4.79 Å². The molecule has 118 valence electrons. The average Bonchev–Trinajstić information content (AvgIpc) is 2.59. The maximum Gasteiger partial charge on any atom is 0.267 e. The van der Waals surface area contributed by atoms with E-state index in [1.54, 1.807) is 43.1 Å². The Bertz CT molecular complexity index is 1050. The Balaban J connectivity index is 2.60. The predicted octanol–water partition coefficient (Wildman–Crippen LogP) is 0.559. The van der Waals surface area contributed by atoms with Crippen LogP contribution >= 0.6 is 0 Å². The van der Waals surface area contributed by atoms with E-state index in [0.717, 1.165) is 0 Å². The van der Waals surface area contributed by atoms with E-state index in [9.17, 15) is 9.59 Å². The molecule has 0 saturated heterocycles. The van der Waals surface area contributed by atoms with E-state index in [4.69, 9.17) is 0 Å². The van der Waals surface area contributed by atoms with Crippen molar-refractivity contribution in [2.45, 2.75) is 13.5 Å². The number of nitrogens with one attached hydrogen (secondary N) is 1. The number of hydrogen-bond donors (Lipinski definition) is 1. The summed E-state index contributed by atoms with van der Waals surface area (Å²) in [5.74, 6) is -0.285. The van der Waals surface area contributed by atoms with Gasteiger partial charge in [-0.1, -0.05) is 6.07 Å². The molecule has 0 fully saturated rings. The molecule has 3 aromatic heterocycles. The third kappa shape index (κ3) is 2.21. The normalized spacial score (nSPS) is 12.0. The molecule has 3 rings (SSSR count). The van der Waals surface area contributed by atoms with Crippen LogP contribution < -0.4 is 16.4 Å². The second-order valence-electron chi connectivity index (χ2n) is 5.01. The highest BCUT2D eigenvalue weighted by Gasteiger charge is 2.16. The third-order valence-electron chi connectivity index (χ3n) is 3.79. The Labute approximate surface area is 131 Å². The van der Waals surface area contributed by atoms with Crippen LogP contribution in [0.2, 0.25) is 0 Å². The van der Waals surface area contributed by atoms with E-state index in [-0.39, 0.29) is 11.5 Å². The van der Waals surface area contributed by atoms with Crippen LogP contribution in [-0.2, 0) is 6.54 Å². The van der Waals surface area contributed by atoms with Crippen LogP contribution in [0.5, 0.6) is 0 Å². The fraction of sp³-hybridized carbons (Fsp3) is 0.250. The highest BCUT2D eigenvalue weighted by Crippen LogP contribution is 2.10. The lowest BCUT2D eigenvalue weighted by molar-refractivity contribution is 0.0961. The molecule has 0 aliphatic rings. The molecule has 1 amide bonds. The van der Waals surface area contributed by atoms with Crippen molar-refractivity contribution in [2.24, 2.45) is 4.99 Å². The minimum Gasteiger partial charge on any atom is -0.355 e. The summed E-state index contributed by atoms with van der Waals surface area (Å²) in [6, 6.07) is 6.94. The smallest absolute Gasteiger partial charge is 0.267 e. The molecule has 7 nitrogen and oxygen atoms in total. The first kappa shape index (κ1) is 15.0. The van der Waals surface area contributed by atoms with Crippen LogP contribution in [0.15, 0.2) is 40.2 Å². The predicted molar refractivity (Wildman–Crippen MR) is 87.5 cm³/mol. The molecule has 0 aliphatic heterocycles. The second kappa shape index (κ2) is 5.68. The number of aromatic nitrogens is 3. The molecule has 0 radical (unpaired) electrons. The molecule has 0 aliphatic carbocycles. The summed E-state index contributed by atoms with van der Waals surface area (Å²) in [5.41, 5.74) is 1.74. The molecule has 3 aromatic rings. The van der Waals surface area contributed by atoms with Crippen LogP contribution in [0.3, 0.4) is 0 Å². The molecule has 0 atom stereocenters. The molecule has 0 unspecified atom stereocenters. The average molecular weight is 311 g/mol. The van der Waals surface area contributed by atoms with Crippen molar-refractivity contribution in [1.82, 2.24) is 19.3 Å². The third-order valence-corrected chi connectivity index (χ3v) is 3.79. The summed E-state index contributed by atoms with van der Waals surface area (Å²) in [7, 11) is 3.17. The molecule has 0 bridgehead atoms. The van der Waals surface area contributed by atoms with Crippen LogP contribution in [0, 0.1) is 0 Å². The summed E-state index contributed by atoms with van der Waals surface area (Å²) in [6.45, 7) is 2.47. The summed E-state index contributed by atoms with van der Waals surface area (Å²) in [6.07, 6.45) is 1.66. The Kier molecular flexibility index (Phi) is 3.69. The molecule has 0 saturated carbocycles. The molecule has 0 spiro atoms. The zero-order valence-electron chi connectivity index (χ0n) is 13.2. The number of amides is 1. The van der Waals surface area contributed by atoms with Crippen molar-refractivity contribution in [3.63, 3.8) is 0 Å². The van der Waals surface area contributed by atoms with Gasteiger partial charge in [0, 0.05) is 26.8 Å². The molecule has 3 heterocycles. The zero-order chi connectivity index (χ0) is 16.6. The van der Waals surface area contributed by atoms with Crippen molar-refractivity contribution in [3.8, 4) is 0 Å². The highest BCUT2D eigenvalue weighted by atomic mass is 16.1. The maximum absolute atomic E-state index is 12.8. The van der Waals surface area contributed by atoms with E-state index in [2.05, 4.69) is 15.3 Å². The van der Waals surface area contributed by atoms with Crippen LogP contribution in [0.4, 0.5) is 0 Å². The van der Waals surface area contributed by atoms with Crippen LogP contribution in [0.25, 0.3) is 16.7 Å². The number of pyridine rings is 2. The molecular weight excluding hydrogens is 294 g/mol. The van der Waals surface area contributed by atoms with Crippen LogP contribution in [-0.4, -0.2) is 34.0 Å². The van der Waals surface area contributed by atoms with Gasteiger partial charge >= 0.3 is 0 Å². The van der Waals surface area contributed by atoms with Gasteiger partial charge in [0.05, 0.1) is 10.9 Å². The molecular formula is C16H17N5O2. The number of nitrogens with zero attached hydrogens (tertiary/aromatic N) is 4. The van der Waals surface area contributed by atoms with Gasteiger partial charge in [0.15, 0.2) is 0 Å². The molecule has 1 N–H and O–H groups in total. The Morgan fingerprint density at radius 3 is 2.83 bits per heavy atom. The van der Waals surface area contributed by atoms with Gasteiger partial charge in [-0.3, -0.25) is 19.0 Å². The number of carbonyl (C=O) groups is 1. The van der Waals surface area contributed by atoms with Gasteiger partial charge < -0.3 is 9.88 Å². The van der Waals surface area contributed by atoms with Gasteiger partial charge in [0.2, 0.25) is 0 Å². The minimum absolute atomic E-state index is 0.208. The zero-order valence-corrected chi connectivity index (χ0v) is 13.2. The first-order chi connectivity index (χ1) is 11.1. The van der Waals surface area contributed by atoms with E-state index >= 15 is 0 Å². The molecule has 23 heavy (non-hydrogen) atoms. The highest BCUT2D eigenvalue weighted by molar-refractivity contribution is 5.96. The topological polar surface area (TPSA) is 80.8 Å². The number of fused-ring (bicyclic) bond motifs is 2. The Hall–Kier alpha value is -2.96. The van der Waals surface area contributed by atoms with Crippen molar-refractivity contribution in [3.05, 3.63) is 51.9 Å². The fourth-order valence-electron chi connectivity index (χ4n) is 2.72. The number of aryl methyl sites for hydroxylation is 1. The van der Waals surface area contributed by atoms with E-state index < -0.39 is 0 Å². The van der Waals surface area contributed by atoms with E-state index in [1.807, 2.05) is 13.0 Å². The van der Waals surface area contributed by atoms with Crippen LogP contribution in [0.1, 0.15) is 17.3 Å². The number of rotatable bonds is 2. The van der Waals surface area contributed by atoms with E-state index in [1.165, 1.54) is 4.40 Å². The minimum atomic E-state index is -0.285. The van der Waals surface area contributed by atoms with Crippen molar-refractivity contribution in [1.29, 1.82) is 0 Å². The largest absolute Gasteiger partial charge is 0.355 e. The van der Waals surface area contributed by atoms with Gasteiger partial charge in [-0.25, -0.2) is 4.98 Å². The fourth-order valence-corrected chi connectivity index (χ4v) is 2.72. The summed E-state index contributed by atoms with van der Waals surface area (Å²) < 4.78 is 3.26. The van der Waals surface area contributed by atoms with Gasteiger partial charge in [-0.05, 0) is 25.1 Å². The number of carbonyl (C=O) groups excluding carboxylic acids is 1. The summed E-state index contributed by atoms with van der Waals surface area (Å²) >= 11 is 0. The maximum atomic E-state index is 12.8. The summed E-state index contributed by atoms with van der Waals surface area (Å²) in [5, 5.41) is 2.98. The first-order valence-electron chi connectivity index (χ1n) is 7.32. The van der Waals surface area contributed by atoms with Gasteiger partial charge in [0.1, 0.15) is 16.8 Å². The van der Waals surface area contributed by atoms with Gasteiger partial charge in [-0.2, -0.15) is 0 Å². The Morgan fingerprint density at radius 1 is 1.39 bits per heavy atom. The quantitative estimate of drug-likeness (QED) is 0.702. The first-order valence-corrected chi connectivity index (χ1v) is 7.32. The van der Waals surface area contributed by atoms with Gasteiger partial charge in [-0.15, -0.1) is 0 Å². The van der Waals surface area contributed by atoms with Gasteiger partial charge in [0.25, 0.3) is 11.5 Å². The molecule has 7 heteroatoms. The van der Waals surface area contributed by atoms with E-state index in [0.29, 0.717) is 34.3 Å². The SMILES string of the molecule is CCn1c(=NC)c(C(=O)NC)cc2c(=O)n3ccccc3nc21. The second-order valence-corrected chi connectivity index (χ2v) is 5.01. The number of hydrogen-bond acceptors (Lipinski definition) is 4. The lowest BCUT2D eigenvalue weighted by atomic mass is 10.2. The Morgan fingerprint density at radius 2 is 2.17 bits per heavy atom. The van der Waals surface area contributed by atoms with Crippen molar-refractivity contribution in [2.75, 3.05) is 14.1 Å². The lowest BCUT2D eigenvalue weighted by Crippen LogP contribution is -2.34. The van der Waals surface area contributed by atoms with Crippen molar-refractivity contribution >= 4 is 22.6 Å². The molecule has 0 aromatic carbocycles. The lowest BCUT2D eigenvalue weighted by Gasteiger charge is -2.13. The standard InChI is InChI=1S/C16H17N5O2/c1-4-20-13(17-2)10(15(22)18-3)9-11-14(20)19-12-7-5-6-8-21(12)16(11)23/h5-9H,4H2,1-3H3,(H,18,22). The monoisotopic (exact) mass is 311 g/mol.